The first-order valence-corrected chi connectivity index (χ1v) is 6.32. The van der Waals surface area contributed by atoms with Gasteiger partial charge >= 0.3 is 5.97 Å². The summed E-state index contributed by atoms with van der Waals surface area (Å²) >= 11 is 0. The Morgan fingerprint density at radius 3 is 2.20 bits per heavy atom. The molecule has 0 radical (unpaired) electrons. The molecule has 2 aromatic rings. The van der Waals surface area contributed by atoms with Crippen LogP contribution in [0.1, 0.15) is 18.4 Å². The van der Waals surface area contributed by atoms with Crippen molar-refractivity contribution in [2.24, 2.45) is 0 Å². The van der Waals surface area contributed by atoms with Crippen LogP contribution in [0.15, 0.2) is 42.5 Å². The standard InChI is InChI=1S/C16H12F2O2/c17-12-4-1-10(2-5-12)13-6-3-11(9-14(13)18)16(7-8-16)15(19)20/h1-6,9H,7-8H2,(H,19,20). The third-order valence-corrected chi connectivity index (χ3v) is 3.84. The molecule has 1 fully saturated rings. The predicted octanol–water partition coefficient (Wildman–Crippen LogP) is 3.75. The van der Waals surface area contributed by atoms with Crippen LogP contribution in [0, 0.1) is 11.6 Å². The van der Waals surface area contributed by atoms with Crippen LogP contribution in [0.2, 0.25) is 0 Å². The minimum Gasteiger partial charge on any atom is -0.481 e. The maximum atomic E-state index is 14.2. The van der Waals surface area contributed by atoms with Crippen molar-refractivity contribution >= 4 is 5.97 Å². The highest BCUT2D eigenvalue weighted by Gasteiger charge is 2.51. The maximum absolute atomic E-state index is 14.2. The minimum atomic E-state index is -0.915. The van der Waals surface area contributed by atoms with Gasteiger partial charge in [0.25, 0.3) is 0 Å². The van der Waals surface area contributed by atoms with Crippen molar-refractivity contribution in [3.05, 3.63) is 59.7 Å². The lowest BCUT2D eigenvalue weighted by atomic mass is 9.93. The van der Waals surface area contributed by atoms with Crippen molar-refractivity contribution in [2.75, 3.05) is 0 Å². The van der Waals surface area contributed by atoms with Crippen LogP contribution in [0.25, 0.3) is 11.1 Å². The summed E-state index contributed by atoms with van der Waals surface area (Å²) in [6.45, 7) is 0. The Morgan fingerprint density at radius 2 is 1.70 bits per heavy atom. The molecule has 0 spiro atoms. The summed E-state index contributed by atoms with van der Waals surface area (Å²) in [6.07, 6.45) is 1.08. The number of benzene rings is 2. The number of carbonyl (C=O) groups is 1. The van der Waals surface area contributed by atoms with E-state index < -0.39 is 17.2 Å². The van der Waals surface area contributed by atoms with Gasteiger partial charge in [0, 0.05) is 5.56 Å². The lowest BCUT2D eigenvalue weighted by Gasteiger charge is -2.12. The third-order valence-electron chi connectivity index (χ3n) is 3.84. The summed E-state index contributed by atoms with van der Waals surface area (Å²) in [6, 6.07) is 10.0. The molecule has 0 aromatic heterocycles. The molecule has 0 aliphatic heterocycles. The lowest BCUT2D eigenvalue weighted by Crippen LogP contribution is -2.19. The van der Waals surface area contributed by atoms with Crippen LogP contribution >= 0.6 is 0 Å². The van der Waals surface area contributed by atoms with E-state index in [1.54, 1.807) is 12.1 Å². The molecule has 102 valence electrons. The molecule has 20 heavy (non-hydrogen) atoms. The van der Waals surface area contributed by atoms with E-state index in [-0.39, 0.29) is 5.82 Å². The molecule has 4 heteroatoms. The largest absolute Gasteiger partial charge is 0.481 e. The first-order chi connectivity index (χ1) is 9.53. The van der Waals surface area contributed by atoms with Gasteiger partial charge in [0.2, 0.25) is 0 Å². The Bertz CT molecular complexity index is 673. The number of carboxylic acid groups (broad SMARTS) is 1. The topological polar surface area (TPSA) is 37.3 Å². The molecular formula is C16H12F2O2. The number of carboxylic acids is 1. The van der Waals surface area contributed by atoms with Crippen molar-refractivity contribution in [3.63, 3.8) is 0 Å². The quantitative estimate of drug-likeness (QED) is 0.925. The highest BCUT2D eigenvalue weighted by atomic mass is 19.1. The summed E-state index contributed by atoms with van der Waals surface area (Å²) < 4.78 is 27.0. The Hall–Kier alpha value is -2.23. The molecule has 3 rings (SSSR count). The number of aliphatic carboxylic acids is 1. The Labute approximate surface area is 114 Å². The second-order valence-corrected chi connectivity index (χ2v) is 5.09. The van der Waals surface area contributed by atoms with E-state index >= 15 is 0 Å². The van der Waals surface area contributed by atoms with E-state index in [4.69, 9.17) is 0 Å². The maximum Gasteiger partial charge on any atom is 0.314 e. The van der Waals surface area contributed by atoms with Crippen LogP contribution in [0.3, 0.4) is 0 Å². The van der Waals surface area contributed by atoms with Gasteiger partial charge in [-0.15, -0.1) is 0 Å². The van der Waals surface area contributed by atoms with Crippen molar-refractivity contribution < 1.29 is 18.7 Å². The van der Waals surface area contributed by atoms with Gasteiger partial charge in [0.05, 0.1) is 5.41 Å². The molecule has 2 aromatic carbocycles. The van der Waals surface area contributed by atoms with E-state index in [1.807, 2.05) is 0 Å². The Morgan fingerprint density at radius 1 is 1.05 bits per heavy atom. The fraction of sp³-hybridized carbons (Fsp3) is 0.188. The van der Waals surface area contributed by atoms with Gasteiger partial charge in [-0.3, -0.25) is 4.79 Å². The number of hydrogen-bond acceptors (Lipinski definition) is 1. The van der Waals surface area contributed by atoms with Gasteiger partial charge in [-0.1, -0.05) is 24.3 Å². The first-order valence-electron chi connectivity index (χ1n) is 6.32. The van der Waals surface area contributed by atoms with Crippen molar-refractivity contribution in [3.8, 4) is 11.1 Å². The van der Waals surface area contributed by atoms with Gasteiger partial charge in [0.15, 0.2) is 0 Å². The molecule has 1 aliphatic rings. The lowest BCUT2D eigenvalue weighted by molar-refractivity contribution is -0.140. The molecule has 0 atom stereocenters. The molecule has 0 amide bonds. The monoisotopic (exact) mass is 274 g/mol. The van der Waals surface area contributed by atoms with Crippen molar-refractivity contribution in [1.82, 2.24) is 0 Å². The molecule has 1 aliphatic carbocycles. The summed E-state index contributed by atoms with van der Waals surface area (Å²) in [5, 5.41) is 9.20. The molecular weight excluding hydrogens is 262 g/mol. The van der Waals surface area contributed by atoms with Crippen LogP contribution in [-0.4, -0.2) is 11.1 Å². The van der Waals surface area contributed by atoms with E-state index in [0.717, 1.165) is 0 Å². The zero-order valence-corrected chi connectivity index (χ0v) is 10.6. The fourth-order valence-electron chi connectivity index (χ4n) is 2.43. The molecule has 2 nitrogen and oxygen atoms in total. The van der Waals surface area contributed by atoms with Gasteiger partial charge in [0.1, 0.15) is 11.6 Å². The SMILES string of the molecule is O=C(O)C1(c2ccc(-c3ccc(F)cc3)c(F)c2)CC1. The van der Waals surface area contributed by atoms with Crippen LogP contribution in [0.4, 0.5) is 8.78 Å². The van der Waals surface area contributed by atoms with E-state index in [1.165, 1.54) is 30.3 Å². The van der Waals surface area contributed by atoms with Crippen molar-refractivity contribution in [2.45, 2.75) is 18.3 Å². The number of hydrogen-bond donors (Lipinski definition) is 1. The second kappa shape index (κ2) is 4.40. The summed E-state index contributed by atoms with van der Waals surface area (Å²) in [5.74, 6) is -1.78. The second-order valence-electron chi connectivity index (χ2n) is 5.09. The Balaban J connectivity index is 2.00. The molecule has 1 N–H and O–H groups in total. The zero-order valence-electron chi connectivity index (χ0n) is 10.6. The van der Waals surface area contributed by atoms with Crippen molar-refractivity contribution in [1.29, 1.82) is 0 Å². The van der Waals surface area contributed by atoms with Gasteiger partial charge < -0.3 is 5.11 Å². The number of rotatable bonds is 3. The molecule has 0 heterocycles. The number of halogens is 2. The smallest absolute Gasteiger partial charge is 0.314 e. The first kappa shape index (κ1) is 12.8. The third kappa shape index (κ3) is 1.97. The summed E-state index contributed by atoms with van der Waals surface area (Å²) in [7, 11) is 0. The van der Waals surface area contributed by atoms with Gasteiger partial charge in [-0.05, 0) is 42.2 Å². The van der Waals surface area contributed by atoms with Gasteiger partial charge in [-0.2, -0.15) is 0 Å². The average Bonchev–Trinajstić information content (AvgIpc) is 3.21. The van der Waals surface area contributed by atoms with Crippen LogP contribution in [-0.2, 0) is 10.2 Å². The highest BCUT2D eigenvalue weighted by molar-refractivity contribution is 5.85. The molecule has 1 saturated carbocycles. The summed E-state index contributed by atoms with van der Waals surface area (Å²) in [5.41, 5.74) is 0.487. The normalized spacial score (nSPS) is 15.9. The summed E-state index contributed by atoms with van der Waals surface area (Å²) in [4.78, 5) is 11.2. The predicted molar refractivity (Wildman–Crippen MR) is 70.3 cm³/mol. The highest BCUT2D eigenvalue weighted by Crippen LogP contribution is 2.49. The minimum absolute atomic E-state index is 0.343. The Kier molecular flexibility index (Phi) is 2.82. The molecule has 0 unspecified atom stereocenters. The van der Waals surface area contributed by atoms with E-state index in [0.29, 0.717) is 29.5 Å². The van der Waals surface area contributed by atoms with E-state index in [2.05, 4.69) is 0 Å². The van der Waals surface area contributed by atoms with Gasteiger partial charge in [-0.25, -0.2) is 8.78 Å². The average molecular weight is 274 g/mol. The fourth-order valence-corrected chi connectivity index (χ4v) is 2.43. The van der Waals surface area contributed by atoms with E-state index in [9.17, 15) is 18.7 Å². The van der Waals surface area contributed by atoms with Crippen LogP contribution < -0.4 is 0 Å². The molecule has 0 saturated heterocycles. The zero-order chi connectivity index (χ0) is 14.3. The van der Waals surface area contributed by atoms with Crippen LogP contribution in [0.5, 0.6) is 0 Å². The molecule has 0 bridgehead atoms.